The second-order valence-corrected chi connectivity index (χ2v) is 11.5. The van der Waals surface area contributed by atoms with Gasteiger partial charge < -0.3 is 26.6 Å². The Morgan fingerprint density at radius 2 is 1.37 bits per heavy atom. The summed E-state index contributed by atoms with van der Waals surface area (Å²) in [7, 11) is 0. The Morgan fingerprint density at radius 1 is 0.717 bits per heavy atom. The summed E-state index contributed by atoms with van der Waals surface area (Å²) in [6.45, 7) is 8.08. The van der Waals surface area contributed by atoms with Crippen molar-refractivity contribution in [1.82, 2.24) is 26.6 Å². The molecule has 0 saturated carbocycles. The Labute approximate surface area is 268 Å². The number of amides is 4. The van der Waals surface area contributed by atoms with Crippen LogP contribution in [0.1, 0.15) is 59.5 Å². The van der Waals surface area contributed by atoms with Gasteiger partial charge in [-0.15, -0.1) is 0 Å². The predicted octanol–water partition coefficient (Wildman–Crippen LogP) is 3.53. The van der Waals surface area contributed by atoms with Crippen LogP contribution in [-0.4, -0.2) is 61.4 Å². The van der Waals surface area contributed by atoms with Crippen molar-refractivity contribution >= 4 is 23.6 Å². The average Bonchev–Trinajstić information content (AvgIpc) is 3.02. The minimum absolute atomic E-state index is 0.108. The summed E-state index contributed by atoms with van der Waals surface area (Å²) in [5.41, 5.74) is 1.92. The van der Waals surface area contributed by atoms with Gasteiger partial charge in [0.15, 0.2) is 0 Å². The molecule has 0 spiro atoms. The zero-order valence-electron chi connectivity index (χ0n) is 26.7. The lowest BCUT2D eigenvalue weighted by Crippen LogP contribution is -2.55. The monoisotopic (exact) mass is 635 g/mol. The highest BCUT2D eigenvalue weighted by Crippen LogP contribution is 2.11. The lowest BCUT2D eigenvalue weighted by Gasteiger charge is -2.25. The summed E-state index contributed by atoms with van der Waals surface area (Å²) >= 11 is 0. The molecule has 0 unspecified atom stereocenters. The summed E-state index contributed by atoms with van der Waals surface area (Å²) in [6.07, 6.45) is 0.706. The first-order chi connectivity index (χ1) is 22.0. The standard InChI is InChI=1S/C35H43F2N5O4/c1-5-38-35(46)31(22(2)3)42-32(43)23(4)40-21-30(18-24-10-7-6-8-11-24)41-34(45)27-13-9-12-26(19-27)33(44)39-15-14-25-16-28(36)20-29(37)17-25/h6-13,16-17,19-20,22-23,30-31,40H,5,14-15,18,21H2,1-4H3,(H,38,46)(H,39,44)(H,41,45)(H,42,43)/t23-,30-,31-/m0/s1. The fourth-order valence-electron chi connectivity index (χ4n) is 4.83. The number of carbonyl (C=O) groups excluding carboxylic acids is 4. The molecule has 0 aliphatic rings. The first kappa shape index (κ1) is 35.8. The highest BCUT2D eigenvalue weighted by atomic mass is 19.1. The maximum Gasteiger partial charge on any atom is 0.251 e. The second-order valence-electron chi connectivity index (χ2n) is 11.5. The fourth-order valence-corrected chi connectivity index (χ4v) is 4.83. The van der Waals surface area contributed by atoms with Crippen molar-refractivity contribution < 1.29 is 28.0 Å². The van der Waals surface area contributed by atoms with Gasteiger partial charge in [0.25, 0.3) is 11.8 Å². The largest absolute Gasteiger partial charge is 0.355 e. The molecular weight excluding hydrogens is 592 g/mol. The van der Waals surface area contributed by atoms with Gasteiger partial charge in [-0.2, -0.15) is 0 Å². The molecule has 3 rings (SSSR count). The topological polar surface area (TPSA) is 128 Å². The Hall–Kier alpha value is -4.64. The Bertz CT molecular complexity index is 1460. The van der Waals surface area contributed by atoms with E-state index in [1.165, 1.54) is 18.2 Å². The van der Waals surface area contributed by atoms with Crippen molar-refractivity contribution in [3.05, 3.63) is 107 Å². The lowest BCUT2D eigenvalue weighted by molar-refractivity contribution is -0.130. The van der Waals surface area contributed by atoms with E-state index >= 15 is 0 Å². The number of carbonyl (C=O) groups is 4. The Balaban J connectivity index is 1.63. The molecule has 0 fully saturated rings. The molecule has 0 aliphatic carbocycles. The first-order valence-electron chi connectivity index (χ1n) is 15.5. The van der Waals surface area contributed by atoms with E-state index in [1.807, 2.05) is 51.1 Å². The molecule has 46 heavy (non-hydrogen) atoms. The van der Waals surface area contributed by atoms with Crippen LogP contribution in [0.3, 0.4) is 0 Å². The van der Waals surface area contributed by atoms with E-state index in [1.54, 1.807) is 25.1 Å². The second kappa shape index (κ2) is 17.7. The number of nitrogens with one attached hydrogen (secondary N) is 5. The van der Waals surface area contributed by atoms with E-state index in [4.69, 9.17) is 0 Å². The van der Waals surface area contributed by atoms with Gasteiger partial charge in [-0.25, -0.2) is 8.78 Å². The molecule has 5 N–H and O–H groups in total. The Morgan fingerprint density at radius 3 is 2.00 bits per heavy atom. The molecule has 0 heterocycles. The number of hydrogen-bond donors (Lipinski definition) is 5. The predicted molar refractivity (Wildman–Crippen MR) is 173 cm³/mol. The van der Waals surface area contributed by atoms with Gasteiger partial charge in [-0.1, -0.05) is 50.2 Å². The molecular formula is C35H43F2N5O4. The van der Waals surface area contributed by atoms with Crippen LogP contribution in [0.15, 0.2) is 72.8 Å². The van der Waals surface area contributed by atoms with Crippen molar-refractivity contribution in [1.29, 1.82) is 0 Å². The quantitative estimate of drug-likeness (QED) is 0.165. The fraction of sp³-hybridized carbons (Fsp3) is 0.371. The normalized spacial score (nSPS) is 12.9. The van der Waals surface area contributed by atoms with Gasteiger partial charge in [-0.05, 0) is 74.1 Å². The van der Waals surface area contributed by atoms with E-state index in [9.17, 15) is 28.0 Å². The molecule has 0 aliphatic heterocycles. The molecule has 11 heteroatoms. The van der Waals surface area contributed by atoms with Crippen molar-refractivity contribution in [2.24, 2.45) is 5.92 Å². The van der Waals surface area contributed by atoms with E-state index in [0.29, 0.717) is 18.5 Å². The molecule has 0 aromatic heterocycles. The third-order valence-corrected chi connectivity index (χ3v) is 7.33. The van der Waals surface area contributed by atoms with Crippen molar-refractivity contribution in [3.63, 3.8) is 0 Å². The third kappa shape index (κ3) is 11.4. The number of rotatable bonds is 16. The minimum Gasteiger partial charge on any atom is -0.355 e. The molecule has 0 radical (unpaired) electrons. The SMILES string of the molecule is CCNC(=O)[C@@H](NC(=O)[C@H](C)NC[C@H](Cc1ccccc1)NC(=O)c1cccc(C(=O)NCCc2cc(F)cc(F)c2)c1)C(C)C. The van der Waals surface area contributed by atoms with Crippen molar-refractivity contribution in [2.45, 2.75) is 58.7 Å². The smallest absolute Gasteiger partial charge is 0.251 e. The average molecular weight is 636 g/mol. The van der Waals surface area contributed by atoms with Gasteiger partial charge in [0.05, 0.1) is 6.04 Å². The zero-order chi connectivity index (χ0) is 33.6. The molecule has 4 amide bonds. The molecule has 3 aromatic carbocycles. The number of benzene rings is 3. The molecule has 9 nitrogen and oxygen atoms in total. The molecule has 3 aromatic rings. The summed E-state index contributed by atoms with van der Waals surface area (Å²) < 4.78 is 26.9. The van der Waals surface area contributed by atoms with Gasteiger partial charge in [-0.3, -0.25) is 19.2 Å². The summed E-state index contributed by atoms with van der Waals surface area (Å²) in [6, 6.07) is 17.3. The summed E-state index contributed by atoms with van der Waals surface area (Å²) in [5.74, 6) is -2.89. The van der Waals surface area contributed by atoms with Crippen LogP contribution in [0.25, 0.3) is 0 Å². The summed E-state index contributed by atoms with van der Waals surface area (Å²) in [5, 5.41) is 14.5. The molecule has 0 saturated heterocycles. The van der Waals surface area contributed by atoms with Crippen molar-refractivity contribution in [3.8, 4) is 0 Å². The zero-order valence-corrected chi connectivity index (χ0v) is 26.7. The van der Waals surface area contributed by atoms with Crippen LogP contribution in [-0.2, 0) is 22.4 Å². The van der Waals surface area contributed by atoms with Gasteiger partial charge in [0.1, 0.15) is 17.7 Å². The highest BCUT2D eigenvalue weighted by molar-refractivity contribution is 5.99. The van der Waals surface area contributed by atoms with Crippen LogP contribution in [0.5, 0.6) is 0 Å². The van der Waals surface area contributed by atoms with E-state index < -0.39 is 41.6 Å². The minimum atomic E-state index is -0.685. The number of likely N-dealkylation sites (N-methyl/N-ethyl adjacent to an activating group) is 1. The van der Waals surface area contributed by atoms with Gasteiger partial charge in [0.2, 0.25) is 11.8 Å². The van der Waals surface area contributed by atoms with Crippen LogP contribution in [0, 0.1) is 17.6 Å². The number of hydrogen-bond acceptors (Lipinski definition) is 5. The highest BCUT2D eigenvalue weighted by Gasteiger charge is 2.26. The lowest BCUT2D eigenvalue weighted by atomic mass is 10.0. The molecule has 0 bridgehead atoms. The van der Waals surface area contributed by atoms with E-state index in [0.717, 1.165) is 11.6 Å². The van der Waals surface area contributed by atoms with E-state index in [-0.39, 0.29) is 48.4 Å². The van der Waals surface area contributed by atoms with Crippen LogP contribution < -0.4 is 26.6 Å². The third-order valence-electron chi connectivity index (χ3n) is 7.33. The van der Waals surface area contributed by atoms with Gasteiger partial charge in [0, 0.05) is 42.9 Å². The van der Waals surface area contributed by atoms with Crippen molar-refractivity contribution in [2.75, 3.05) is 19.6 Å². The summed E-state index contributed by atoms with van der Waals surface area (Å²) in [4.78, 5) is 51.5. The number of halogens is 2. The first-order valence-corrected chi connectivity index (χ1v) is 15.5. The maximum atomic E-state index is 13.5. The van der Waals surface area contributed by atoms with E-state index in [2.05, 4.69) is 26.6 Å². The molecule has 246 valence electrons. The van der Waals surface area contributed by atoms with Crippen LogP contribution >= 0.6 is 0 Å². The van der Waals surface area contributed by atoms with Crippen LogP contribution in [0.4, 0.5) is 8.78 Å². The Kier molecular flexibility index (Phi) is 13.8. The van der Waals surface area contributed by atoms with Gasteiger partial charge >= 0.3 is 0 Å². The van der Waals surface area contributed by atoms with Crippen LogP contribution in [0.2, 0.25) is 0 Å². The molecule has 3 atom stereocenters. The maximum absolute atomic E-state index is 13.5.